The summed E-state index contributed by atoms with van der Waals surface area (Å²) in [5, 5.41) is 12.7. The van der Waals surface area contributed by atoms with Crippen molar-refractivity contribution in [3.8, 4) is 6.07 Å². The second-order valence-electron chi connectivity index (χ2n) is 3.20. The molecule has 1 aromatic heterocycles. The van der Waals surface area contributed by atoms with E-state index in [4.69, 9.17) is 5.26 Å². The molecule has 0 N–H and O–H groups in total. The Bertz CT molecular complexity index is 273. The number of nitriles is 1. The summed E-state index contributed by atoms with van der Waals surface area (Å²) >= 11 is 0. The zero-order valence-corrected chi connectivity index (χ0v) is 8.56. The lowest BCUT2D eigenvalue weighted by molar-refractivity contribution is 0.287. The highest BCUT2D eigenvalue weighted by Gasteiger charge is 2.02. The van der Waals surface area contributed by atoms with E-state index >= 15 is 0 Å². The Kier molecular flexibility index (Phi) is 4.73. The second-order valence-corrected chi connectivity index (χ2v) is 3.20. The third kappa shape index (κ3) is 3.58. The molecule has 14 heavy (non-hydrogen) atoms. The summed E-state index contributed by atoms with van der Waals surface area (Å²) in [6, 6.07) is 4.09. The van der Waals surface area contributed by atoms with Crippen LogP contribution in [0, 0.1) is 11.3 Å². The minimum atomic E-state index is 0.509. The van der Waals surface area contributed by atoms with Crippen molar-refractivity contribution in [2.45, 2.75) is 19.9 Å². The molecule has 0 saturated carbocycles. The van der Waals surface area contributed by atoms with Crippen molar-refractivity contribution in [2.75, 3.05) is 19.6 Å². The monoisotopic (exact) mass is 192 g/mol. The van der Waals surface area contributed by atoms with Gasteiger partial charge in [0.1, 0.15) is 0 Å². The molecule has 1 aromatic rings. The van der Waals surface area contributed by atoms with Crippen LogP contribution in [0.2, 0.25) is 0 Å². The smallest absolute Gasteiger partial charge is 0.0866 e. The van der Waals surface area contributed by atoms with E-state index in [0.717, 1.165) is 26.1 Å². The molecular formula is C10H16N4. The van der Waals surface area contributed by atoms with E-state index in [-0.39, 0.29) is 0 Å². The summed E-state index contributed by atoms with van der Waals surface area (Å²) in [4.78, 5) is 2.14. The molecule has 0 radical (unpaired) electrons. The predicted molar refractivity (Wildman–Crippen MR) is 54.6 cm³/mol. The minimum absolute atomic E-state index is 0.509. The topological polar surface area (TPSA) is 44.9 Å². The van der Waals surface area contributed by atoms with Gasteiger partial charge in [0.2, 0.25) is 0 Å². The summed E-state index contributed by atoms with van der Waals surface area (Å²) < 4.78 is 1.89. The van der Waals surface area contributed by atoms with Gasteiger partial charge in [-0.3, -0.25) is 9.58 Å². The molecule has 1 heterocycles. The molecule has 0 spiro atoms. The van der Waals surface area contributed by atoms with Gasteiger partial charge in [0.25, 0.3) is 0 Å². The summed E-state index contributed by atoms with van der Waals surface area (Å²) in [6.07, 6.45) is 4.80. The molecule has 0 aromatic carbocycles. The molecule has 4 heteroatoms. The fourth-order valence-corrected chi connectivity index (χ4v) is 1.36. The lowest BCUT2D eigenvalue weighted by Crippen LogP contribution is -2.28. The number of nitrogens with zero attached hydrogens (tertiary/aromatic N) is 4. The van der Waals surface area contributed by atoms with Crippen molar-refractivity contribution in [1.82, 2.24) is 14.7 Å². The second kappa shape index (κ2) is 6.17. The van der Waals surface area contributed by atoms with Crippen LogP contribution in [0.3, 0.4) is 0 Å². The van der Waals surface area contributed by atoms with Crippen molar-refractivity contribution in [3.05, 3.63) is 18.5 Å². The van der Waals surface area contributed by atoms with Crippen LogP contribution in [0.15, 0.2) is 18.5 Å². The van der Waals surface area contributed by atoms with Gasteiger partial charge < -0.3 is 0 Å². The SMILES string of the molecule is CCCN(CC#N)CCn1cccn1. The summed E-state index contributed by atoms with van der Waals surface area (Å²) in [5.41, 5.74) is 0. The average Bonchev–Trinajstić information content (AvgIpc) is 2.67. The molecule has 0 saturated heterocycles. The number of aromatic nitrogens is 2. The maximum Gasteiger partial charge on any atom is 0.0866 e. The van der Waals surface area contributed by atoms with E-state index in [9.17, 15) is 0 Å². The molecule has 0 bridgehead atoms. The molecule has 0 atom stereocenters. The summed E-state index contributed by atoms with van der Waals surface area (Å²) in [7, 11) is 0. The minimum Gasteiger partial charge on any atom is -0.289 e. The molecule has 4 nitrogen and oxygen atoms in total. The Morgan fingerprint density at radius 3 is 2.93 bits per heavy atom. The van der Waals surface area contributed by atoms with Crippen LogP contribution in [-0.2, 0) is 6.54 Å². The molecule has 0 amide bonds. The van der Waals surface area contributed by atoms with E-state index in [0.29, 0.717) is 6.54 Å². The van der Waals surface area contributed by atoms with Gasteiger partial charge >= 0.3 is 0 Å². The summed E-state index contributed by atoms with van der Waals surface area (Å²) in [6.45, 7) is 5.36. The average molecular weight is 192 g/mol. The molecule has 0 aliphatic rings. The van der Waals surface area contributed by atoms with Crippen LogP contribution < -0.4 is 0 Å². The van der Waals surface area contributed by atoms with Crippen LogP contribution in [0.25, 0.3) is 0 Å². The van der Waals surface area contributed by atoms with E-state index < -0.39 is 0 Å². The molecule has 0 aliphatic carbocycles. The normalized spacial score (nSPS) is 10.4. The van der Waals surface area contributed by atoms with Crippen molar-refractivity contribution >= 4 is 0 Å². The third-order valence-electron chi connectivity index (χ3n) is 2.04. The Balaban J connectivity index is 2.30. The number of hydrogen-bond donors (Lipinski definition) is 0. The quantitative estimate of drug-likeness (QED) is 0.634. The Morgan fingerprint density at radius 1 is 1.50 bits per heavy atom. The van der Waals surface area contributed by atoms with E-state index in [1.807, 2.05) is 16.9 Å². The van der Waals surface area contributed by atoms with Gasteiger partial charge in [-0.1, -0.05) is 6.92 Å². The molecule has 1 rings (SSSR count). The Labute approximate surface area is 84.7 Å². The molecule has 0 aliphatic heterocycles. The highest BCUT2D eigenvalue weighted by molar-refractivity contribution is 4.79. The summed E-state index contributed by atoms with van der Waals surface area (Å²) in [5.74, 6) is 0. The van der Waals surface area contributed by atoms with Crippen LogP contribution in [0.1, 0.15) is 13.3 Å². The maximum absolute atomic E-state index is 8.61. The lowest BCUT2D eigenvalue weighted by Gasteiger charge is -2.17. The fourth-order valence-electron chi connectivity index (χ4n) is 1.36. The largest absolute Gasteiger partial charge is 0.289 e. The van der Waals surface area contributed by atoms with Crippen molar-refractivity contribution in [2.24, 2.45) is 0 Å². The van der Waals surface area contributed by atoms with Crippen molar-refractivity contribution in [1.29, 1.82) is 5.26 Å². The van der Waals surface area contributed by atoms with Gasteiger partial charge in [-0.2, -0.15) is 10.4 Å². The number of rotatable bonds is 6. The number of hydrogen-bond acceptors (Lipinski definition) is 3. The van der Waals surface area contributed by atoms with Gasteiger partial charge in [0, 0.05) is 18.9 Å². The van der Waals surface area contributed by atoms with Crippen molar-refractivity contribution < 1.29 is 0 Å². The molecule has 76 valence electrons. The van der Waals surface area contributed by atoms with Crippen molar-refractivity contribution in [3.63, 3.8) is 0 Å². The molecule has 0 fully saturated rings. The van der Waals surface area contributed by atoms with Crippen LogP contribution in [0.4, 0.5) is 0 Å². The van der Waals surface area contributed by atoms with Gasteiger partial charge in [0.15, 0.2) is 0 Å². The van der Waals surface area contributed by atoms with E-state index in [2.05, 4.69) is 23.0 Å². The Morgan fingerprint density at radius 2 is 2.36 bits per heavy atom. The van der Waals surface area contributed by atoms with E-state index in [1.54, 1.807) is 6.20 Å². The van der Waals surface area contributed by atoms with Gasteiger partial charge in [0.05, 0.1) is 19.2 Å². The van der Waals surface area contributed by atoms with Crippen LogP contribution >= 0.6 is 0 Å². The van der Waals surface area contributed by atoms with Gasteiger partial charge in [-0.25, -0.2) is 0 Å². The fraction of sp³-hybridized carbons (Fsp3) is 0.600. The van der Waals surface area contributed by atoms with E-state index in [1.165, 1.54) is 0 Å². The van der Waals surface area contributed by atoms with Gasteiger partial charge in [-0.15, -0.1) is 0 Å². The first-order valence-electron chi connectivity index (χ1n) is 4.93. The van der Waals surface area contributed by atoms with Gasteiger partial charge in [-0.05, 0) is 19.0 Å². The predicted octanol–water partition coefficient (Wildman–Crippen LogP) is 1.12. The molecular weight excluding hydrogens is 176 g/mol. The Hall–Kier alpha value is -1.34. The zero-order valence-electron chi connectivity index (χ0n) is 8.56. The van der Waals surface area contributed by atoms with Crippen LogP contribution in [-0.4, -0.2) is 34.3 Å². The first-order chi connectivity index (χ1) is 6.86. The zero-order chi connectivity index (χ0) is 10.2. The standard InChI is InChI=1S/C10H16N4/c1-2-6-13(8-4-11)9-10-14-7-3-5-12-14/h3,5,7H,2,6,8-10H2,1H3. The maximum atomic E-state index is 8.61. The molecule has 0 unspecified atom stereocenters. The first-order valence-corrected chi connectivity index (χ1v) is 4.93. The highest BCUT2D eigenvalue weighted by Crippen LogP contribution is 1.93. The first kappa shape index (κ1) is 10.7. The lowest BCUT2D eigenvalue weighted by atomic mass is 10.4. The third-order valence-corrected chi connectivity index (χ3v) is 2.04. The van der Waals surface area contributed by atoms with Crippen LogP contribution in [0.5, 0.6) is 0 Å². The highest BCUT2D eigenvalue weighted by atomic mass is 15.3.